The maximum absolute atomic E-state index is 4.53. The molecule has 0 bridgehead atoms. The van der Waals surface area contributed by atoms with E-state index in [4.69, 9.17) is 0 Å². The van der Waals surface area contributed by atoms with Gasteiger partial charge < -0.3 is 0 Å². The van der Waals surface area contributed by atoms with Crippen molar-refractivity contribution < 1.29 is 0 Å². The summed E-state index contributed by atoms with van der Waals surface area (Å²) in [6.45, 7) is 4.94. The van der Waals surface area contributed by atoms with Crippen LogP contribution in [0.1, 0.15) is 29.6 Å². The second-order valence-electron chi connectivity index (χ2n) is 4.97. The summed E-state index contributed by atoms with van der Waals surface area (Å²) in [5.41, 5.74) is 2.06. The topological polar surface area (TPSA) is 54.8 Å². The molecule has 0 amide bonds. The first kappa shape index (κ1) is 12.2. The van der Waals surface area contributed by atoms with Crippen LogP contribution in [0, 0.1) is 6.92 Å². The van der Waals surface area contributed by atoms with Gasteiger partial charge in [-0.25, -0.2) is 9.97 Å². The lowest BCUT2D eigenvalue weighted by Crippen LogP contribution is -2.21. The molecule has 2 aromatic rings. The highest BCUT2D eigenvalue weighted by molar-refractivity contribution is 5.07. The Hall–Kier alpha value is -1.88. The first-order valence-corrected chi connectivity index (χ1v) is 6.58. The van der Waals surface area contributed by atoms with Gasteiger partial charge in [0, 0.05) is 49.5 Å². The molecule has 3 rings (SSSR count). The number of rotatable bonds is 3. The molecule has 1 atom stereocenters. The van der Waals surface area contributed by atoms with Crippen LogP contribution in [0.15, 0.2) is 30.9 Å². The van der Waals surface area contributed by atoms with Gasteiger partial charge >= 0.3 is 0 Å². The Labute approximate surface area is 112 Å². The average molecular weight is 255 g/mol. The summed E-state index contributed by atoms with van der Waals surface area (Å²) < 4.78 is 0. The van der Waals surface area contributed by atoms with Crippen molar-refractivity contribution >= 4 is 0 Å². The molecular weight excluding hydrogens is 238 g/mol. The maximum atomic E-state index is 4.53. The van der Waals surface area contributed by atoms with Gasteiger partial charge in [0.15, 0.2) is 0 Å². The second kappa shape index (κ2) is 5.40. The molecule has 3 heterocycles. The van der Waals surface area contributed by atoms with Crippen molar-refractivity contribution in [2.75, 3.05) is 13.1 Å². The molecule has 0 saturated carbocycles. The highest BCUT2D eigenvalue weighted by atomic mass is 15.2. The Bertz CT molecular complexity index is 543. The van der Waals surface area contributed by atoms with Gasteiger partial charge in [-0.05, 0) is 26.0 Å². The van der Waals surface area contributed by atoms with Crippen molar-refractivity contribution in [3.05, 3.63) is 48.1 Å². The molecule has 0 aromatic carbocycles. The van der Waals surface area contributed by atoms with E-state index < -0.39 is 0 Å². The van der Waals surface area contributed by atoms with Crippen LogP contribution in [0.3, 0.4) is 0 Å². The number of nitrogens with zero attached hydrogens (tertiary/aromatic N) is 5. The molecule has 1 aliphatic heterocycles. The van der Waals surface area contributed by atoms with Crippen LogP contribution in [-0.2, 0) is 6.54 Å². The lowest BCUT2D eigenvalue weighted by molar-refractivity contribution is 0.321. The standard InChI is InChI=1S/C14H17N5/c1-11-2-4-17-14(18-11)12-3-7-19(9-12)10-13-8-15-5-6-16-13/h2,4-6,8,12H,3,7,9-10H2,1H3. The van der Waals surface area contributed by atoms with Gasteiger partial charge in [0.25, 0.3) is 0 Å². The Kier molecular flexibility index (Phi) is 3.46. The molecule has 0 N–H and O–H groups in total. The van der Waals surface area contributed by atoms with Crippen LogP contribution in [0.25, 0.3) is 0 Å². The van der Waals surface area contributed by atoms with E-state index in [9.17, 15) is 0 Å². The molecule has 5 heteroatoms. The monoisotopic (exact) mass is 255 g/mol. The van der Waals surface area contributed by atoms with E-state index >= 15 is 0 Å². The predicted molar refractivity (Wildman–Crippen MR) is 71.4 cm³/mol. The Balaban J connectivity index is 1.64. The van der Waals surface area contributed by atoms with Crippen molar-refractivity contribution in [2.45, 2.75) is 25.8 Å². The van der Waals surface area contributed by atoms with E-state index in [0.717, 1.165) is 43.3 Å². The average Bonchev–Trinajstić information content (AvgIpc) is 2.88. The van der Waals surface area contributed by atoms with E-state index in [1.54, 1.807) is 12.4 Å². The molecular formula is C14H17N5. The van der Waals surface area contributed by atoms with Crippen LogP contribution in [0.2, 0.25) is 0 Å². The van der Waals surface area contributed by atoms with Crippen molar-refractivity contribution in [3.63, 3.8) is 0 Å². The highest BCUT2D eigenvalue weighted by Gasteiger charge is 2.26. The molecule has 0 radical (unpaired) electrons. The minimum absolute atomic E-state index is 0.441. The van der Waals surface area contributed by atoms with Gasteiger partial charge in [-0.1, -0.05) is 0 Å². The third-order valence-electron chi connectivity index (χ3n) is 3.45. The van der Waals surface area contributed by atoms with Gasteiger partial charge in [-0.2, -0.15) is 0 Å². The molecule has 0 aliphatic carbocycles. The molecule has 1 unspecified atom stereocenters. The van der Waals surface area contributed by atoms with Crippen LogP contribution in [0.4, 0.5) is 0 Å². The fourth-order valence-corrected chi connectivity index (χ4v) is 2.49. The second-order valence-corrected chi connectivity index (χ2v) is 4.97. The highest BCUT2D eigenvalue weighted by Crippen LogP contribution is 2.25. The summed E-state index contributed by atoms with van der Waals surface area (Å²) in [7, 11) is 0. The summed E-state index contributed by atoms with van der Waals surface area (Å²) in [5.74, 6) is 1.42. The predicted octanol–water partition coefficient (Wildman–Crippen LogP) is 1.56. The van der Waals surface area contributed by atoms with Crippen LogP contribution in [0.5, 0.6) is 0 Å². The molecule has 1 aliphatic rings. The number of aryl methyl sites for hydroxylation is 1. The molecule has 19 heavy (non-hydrogen) atoms. The number of aromatic nitrogens is 4. The van der Waals surface area contributed by atoms with E-state index in [0.29, 0.717) is 5.92 Å². The van der Waals surface area contributed by atoms with Crippen LogP contribution in [-0.4, -0.2) is 37.9 Å². The molecule has 0 spiro atoms. The van der Waals surface area contributed by atoms with Gasteiger partial charge in [0.1, 0.15) is 5.82 Å². The van der Waals surface area contributed by atoms with Crippen LogP contribution < -0.4 is 0 Å². The van der Waals surface area contributed by atoms with Crippen molar-refractivity contribution in [3.8, 4) is 0 Å². The number of hydrogen-bond acceptors (Lipinski definition) is 5. The van der Waals surface area contributed by atoms with Crippen LogP contribution >= 0.6 is 0 Å². The Morgan fingerprint density at radius 3 is 3.00 bits per heavy atom. The maximum Gasteiger partial charge on any atom is 0.132 e. The third kappa shape index (κ3) is 2.93. The normalized spacial score (nSPS) is 19.7. The van der Waals surface area contributed by atoms with Gasteiger partial charge in [-0.15, -0.1) is 0 Å². The summed E-state index contributed by atoms with van der Waals surface area (Å²) in [4.78, 5) is 19.7. The largest absolute Gasteiger partial charge is 0.297 e. The Morgan fingerprint density at radius 2 is 2.21 bits per heavy atom. The number of hydrogen-bond donors (Lipinski definition) is 0. The zero-order chi connectivity index (χ0) is 13.1. The number of likely N-dealkylation sites (tertiary alicyclic amines) is 1. The quantitative estimate of drug-likeness (QED) is 0.833. The Morgan fingerprint density at radius 1 is 1.26 bits per heavy atom. The molecule has 5 nitrogen and oxygen atoms in total. The van der Waals surface area contributed by atoms with Gasteiger partial charge in [0.05, 0.1) is 5.69 Å². The first-order valence-electron chi connectivity index (χ1n) is 6.58. The van der Waals surface area contributed by atoms with Gasteiger partial charge in [-0.3, -0.25) is 14.9 Å². The molecule has 98 valence electrons. The summed E-state index contributed by atoms with van der Waals surface area (Å²) in [5, 5.41) is 0. The minimum atomic E-state index is 0.441. The van der Waals surface area contributed by atoms with Crippen molar-refractivity contribution in [1.29, 1.82) is 0 Å². The van der Waals surface area contributed by atoms with E-state index in [1.165, 1.54) is 0 Å². The van der Waals surface area contributed by atoms with Crippen molar-refractivity contribution in [2.24, 2.45) is 0 Å². The molecule has 1 fully saturated rings. The zero-order valence-corrected chi connectivity index (χ0v) is 11.0. The molecule has 1 saturated heterocycles. The lowest BCUT2D eigenvalue weighted by atomic mass is 10.1. The van der Waals surface area contributed by atoms with E-state index in [2.05, 4.69) is 24.8 Å². The fourth-order valence-electron chi connectivity index (χ4n) is 2.49. The lowest BCUT2D eigenvalue weighted by Gasteiger charge is -2.14. The molecule has 2 aromatic heterocycles. The van der Waals surface area contributed by atoms with E-state index in [-0.39, 0.29) is 0 Å². The van der Waals surface area contributed by atoms with Gasteiger partial charge in [0.2, 0.25) is 0 Å². The first-order chi connectivity index (χ1) is 9.31. The third-order valence-corrected chi connectivity index (χ3v) is 3.45. The van der Waals surface area contributed by atoms with Crippen molar-refractivity contribution in [1.82, 2.24) is 24.8 Å². The smallest absolute Gasteiger partial charge is 0.132 e. The SMILES string of the molecule is Cc1ccnc(C2CCN(Cc3cnccn3)C2)n1. The minimum Gasteiger partial charge on any atom is -0.297 e. The zero-order valence-electron chi connectivity index (χ0n) is 11.0. The summed E-state index contributed by atoms with van der Waals surface area (Å²) in [6, 6.07) is 1.94. The fraction of sp³-hybridized carbons (Fsp3) is 0.429. The van der Waals surface area contributed by atoms with E-state index in [1.807, 2.05) is 25.4 Å². The summed E-state index contributed by atoms with van der Waals surface area (Å²) >= 11 is 0. The summed E-state index contributed by atoms with van der Waals surface area (Å²) in [6.07, 6.45) is 8.24.